The number of allylic oxidation sites excluding steroid dienone is 1. The van der Waals surface area contributed by atoms with E-state index in [1.54, 1.807) is 24.0 Å². The van der Waals surface area contributed by atoms with Gasteiger partial charge in [0.1, 0.15) is 5.82 Å². The standard InChI is InChI=1S/C19H27N7O.C2H2/c1-20-9-4-3-5-10-21-19(27)16-15-22-17-7-8-18(23-26(16)17)25-12-6-11-24(2)13-14-25;1-2/h3-4,7-9,15H,5-6,10-14H2,1-2H3,(H,21,27);1-2H/b4-3-,20-9?;. The maximum absolute atomic E-state index is 12.5. The Balaban J connectivity index is 0.00000145. The first-order valence-electron chi connectivity index (χ1n) is 9.66. The van der Waals surface area contributed by atoms with E-state index < -0.39 is 0 Å². The number of carbonyl (C=O) groups is 1. The molecule has 154 valence electrons. The van der Waals surface area contributed by atoms with Crippen molar-refractivity contribution in [3.63, 3.8) is 0 Å². The summed E-state index contributed by atoms with van der Waals surface area (Å²) in [7, 11) is 3.87. The van der Waals surface area contributed by atoms with Crippen molar-refractivity contribution in [3.05, 3.63) is 36.2 Å². The lowest BCUT2D eigenvalue weighted by Crippen LogP contribution is -2.30. The van der Waals surface area contributed by atoms with Gasteiger partial charge in [0.2, 0.25) is 0 Å². The molecule has 1 N–H and O–H groups in total. The number of aromatic nitrogens is 3. The Morgan fingerprint density at radius 3 is 2.90 bits per heavy atom. The third-order valence-electron chi connectivity index (χ3n) is 4.59. The van der Waals surface area contributed by atoms with Gasteiger partial charge in [0.15, 0.2) is 11.3 Å². The van der Waals surface area contributed by atoms with Crippen LogP contribution >= 0.6 is 0 Å². The van der Waals surface area contributed by atoms with Crippen LogP contribution in [0.5, 0.6) is 0 Å². The third kappa shape index (κ3) is 6.16. The van der Waals surface area contributed by atoms with Gasteiger partial charge in [-0.05, 0) is 44.6 Å². The molecule has 0 unspecified atom stereocenters. The van der Waals surface area contributed by atoms with E-state index in [1.807, 2.05) is 24.3 Å². The molecule has 3 heterocycles. The van der Waals surface area contributed by atoms with E-state index in [0.717, 1.165) is 44.8 Å². The fourth-order valence-electron chi connectivity index (χ4n) is 3.07. The summed E-state index contributed by atoms with van der Waals surface area (Å²) in [5, 5.41) is 7.60. The second kappa shape index (κ2) is 11.6. The fourth-order valence-corrected chi connectivity index (χ4v) is 3.07. The van der Waals surface area contributed by atoms with Gasteiger partial charge in [0.05, 0.1) is 6.20 Å². The van der Waals surface area contributed by atoms with E-state index in [-0.39, 0.29) is 5.91 Å². The number of hydrogen-bond acceptors (Lipinski definition) is 6. The second-order valence-electron chi connectivity index (χ2n) is 6.63. The molecule has 0 radical (unpaired) electrons. The summed E-state index contributed by atoms with van der Waals surface area (Å²) in [4.78, 5) is 25.3. The molecule has 1 saturated heterocycles. The Morgan fingerprint density at radius 2 is 2.10 bits per heavy atom. The molecular formula is C21H29N7O. The number of imidazole rings is 1. The van der Waals surface area contributed by atoms with Gasteiger partial charge >= 0.3 is 0 Å². The van der Waals surface area contributed by atoms with E-state index in [2.05, 4.69) is 50.1 Å². The molecule has 0 spiro atoms. The molecule has 2 aromatic heterocycles. The number of likely N-dealkylation sites (N-methyl/N-ethyl adjacent to an activating group) is 1. The first kappa shape index (κ1) is 22.1. The Bertz CT molecular complexity index is 868. The van der Waals surface area contributed by atoms with Crippen LogP contribution in [0.1, 0.15) is 23.3 Å². The zero-order valence-electron chi connectivity index (χ0n) is 17.2. The summed E-state index contributed by atoms with van der Waals surface area (Å²) in [6.45, 7) is 4.55. The lowest BCUT2D eigenvalue weighted by molar-refractivity contribution is 0.0947. The zero-order valence-corrected chi connectivity index (χ0v) is 17.2. The highest BCUT2D eigenvalue weighted by molar-refractivity contribution is 5.93. The molecule has 0 atom stereocenters. The topological polar surface area (TPSA) is 78.1 Å². The van der Waals surface area contributed by atoms with Gasteiger partial charge < -0.3 is 15.1 Å². The maximum atomic E-state index is 12.5. The molecule has 1 aliphatic heterocycles. The summed E-state index contributed by atoms with van der Waals surface area (Å²) in [5.41, 5.74) is 1.13. The number of rotatable bonds is 6. The molecular weight excluding hydrogens is 366 g/mol. The molecule has 0 bridgehead atoms. The summed E-state index contributed by atoms with van der Waals surface area (Å²) in [6, 6.07) is 3.90. The van der Waals surface area contributed by atoms with Crippen LogP contribution in [0.4, 0.5) is 5.82 Å². The molecule has 1 amide bonds. The normalized spacial score (nSPS) is 15.4. The van der Waals surface area contributed by atoms with Crippen LogP contribution in [0, 0.1) is 12.8 Å². The third-order valence-corrected chi connectivity index (χ3v) is 4.59. The van der Waals surface area contributed by atoms with Crippen LogP contribution < -0.4 is 10.2 Å². The monoisotopic (exact) mass is 395 g/mol. The van der Waals surface area contributed by atoms with Gasteiger partial charge in [0.25, 0.3) is 5.91 Å². The van der Waals surface area contributed by atoms with Crippen LogP contribution in [0.25, 0.3) is 5.65 Å². The summed E-state index contributed by atoms with van der Waals surface area (Å²) in [6.07, 6.45) is 17.0. The van der Waals surface area contributed by atoms with Gasteiger partial charge in [-0.2, -0.15) is 0 Å². The highest BCUT2D eigenvalue weighted by atomic mass is 16.2. The van der Waals surface area contributed by atoms with Crippen molar-refractivity contribution in [2.45, 2.75) is 12.8 Å². The maximum Gasteiger partial charge on any atom is 0.271 e. The smallest absolute Gasteiger partial charge is 0.271 e. The molecule has 3 rings (SSSR count). The zero-order chi connectivity index (χ0) is 21.1. The number of amides is 1. The Labute approximate surface area is 172 Å². The largest absolute Gasteiger partial charge is 0.354 e. The highest BCUT2D eigenvalue weighted by Gasteiger charge is 2.17. The average molecular weight is 396 g/mol. The van der Waals surface area contributed by atoms with Crippen LogP contribution in [0.15, 0.2) is 35.5 Å². The molecule has 8 heteroatoms. The number of terminal acetylenes is 1. The van der Waals surface area contributed by atoms with Crippen LogP contribution in [-0.4, -0.2) is 78.4 Å². The van der Waals surface area contributed by atoms with Crippen molar-refractivity contribution in [1.82, 2.24) is 24.8 Å². The van der Waals surface area contributed by atoms with E-state index >= 15 is 0 Å². The summed E-state index contributed by atoms with van der Waals surface area (Å²) in [5.74, 6) is 0.715. The molecule has 0 aromatic carbocycles. The predicted molar refractivity (Wildman–Crippen MR) is 118 cm³/mol. The number of nitrogens with one attached hydrogen (secondary N) is 1. The number of carbonyl (C=O) groups excluding carboxylic acids is 1. The Hall–Kier alpha value is -3.18. The van der Waals surface area contributed by atoms with Gasteiger partial charge in [-0.1, -0.05) is 6.08 Å². The van der Waals surface area contributed by atoms with Crippen molar-refractivity contribution < 1.29 is 4.79 Å². The molecule has 8 nitrogen and oxygen atoms in total. The molecule has 0 saturated carbocycles. The molecule has 1 aliphatic rings. The number of nitrogens with zero attached hydrogens (tertiary/aromatic N) is 6. The van der Waals surface area contributed by atoms with Crippen molar-refractivity contribution >= 4 is 23.6 Å². The Kier molecular flexibility index (Phi) is 8.86. The van der Waals surface area contributed by atoms with Crippen LogP contribution in [-0.2, 0) is 0 Å². The number of aliphatic imine (C=N–C) groups is 1. The van der Waals surface area contributed by atoms with E-state index in [1.165, 1.54) is 0 Å². The molecule has 0 aliphatic carbocycles. The van der Waals surface area contributed by atoms with E-state index in [4.69, 9.17) is 0 Å². The number of anilines is 1. The van der Waals surface area contributed by atoms with Gasteiger partial charge in [-0.25, -0.2) is 9.50 Å². The number of fused-ring (bicyclic) bond motifs is 1. The molecule has 2 aromatic rings. The van der Waals surface area contributed by atoms with Gasteiger partial charge in [-0.15, -0.1) is 17.9 Å². The lowest BCUT2D eigenvalue weighted by atomic mass is 10.3. The summed E-state index contributed by atoms with van der Waals surface area (Å²) < 4.78 is 1.64. The SMILES string of the molecule is C#C.CN=C/C=C\CCNC(=O)c1cnc2ccc(N3CCCN(C)CC3)nn12. The van der Waals surface area contributed by atoms with E-state index in [0.29, 0.717) is 17.9 Å². The fraction of sp³-hybridized carbons (Fsp3) is 0.429. The van der Waals surface area contributed by atoms with Crippen molar-refractivity contribution in [2.24, 2.45) is 4.99 Å². The molecule has 29 heavy (non-hydrogen) atoms. The van der Waals surface area contributed by atoms with E-state index in [9.17, 15) is 4.79 Å². The van der Waals surface area contributed by atoms with Crippen LogP contribution in [0.2, 0.25) is 0 Å². The first-order valence-corrected chi connectivity index (χ1v) is 9.66. The predicted octanol–water partition coefficient (Wildman–Crippen LogP) is 1.50. The lowest BCUT2D eigenvalue weighted by Gasteiger charge is -2.21. The minimum atomic E-state index is -0.166. The average Bonchev–Trinajstić information content (AvgIpc) is 3.05. The van der Waals surface area contributed by atoms with Crippen LogP contribution in [0.3, 0.4) is 0 Å². The minimum absolute atomic E-state index is 0.166. The van der Waals surface area contributed by atoms with Gasteiger partial charge in [0, 0.05) is 39.4 Å². The molecule has 1 fully saturated rings. The second-order valence-corrected chi connectivity index (χ2v) is 6.63. The highest BCUT2D eigenvalue weighted by Crippen LogP contribution is 2.15. The Morgan fingerprint density at radius 1 is 1.28 bits per heavy atom. The quantitative estimate of drug-likeness (QED) is 0.456. The van der Waals surface area contributed by atoms with Gasteiger partial charge in [-0.3, -0.25) is 9.79 Å². The van der Waals surface area contributed by atoms with Crippen molar-refractivity contribution in [3.8, 4) is 12.8 Å². The number of hydrogen-bond donors (Lipinski definition) is 1. The minimum Gasteiger partial charge on any atom is -0.354 e. The van der Waals surface area contributed by atoms with Crippen molar-refractivity contribution in [2.75, 3.05) is 51.7 Å². The van der Waals surface area contributed by atoms with Crippen molar-refractivity contribution in [1.29, 1.82) is 0 Å². The summed E-state index contributed by atoms with van der Waals surface area (Å²) >= 11 is 0. The first-order chi connectivity index (χ1) is 14.2.